The molecule has 0 aromatic heterocycles. The van der Waals surface area contributed by atoms with Gasteiger partial charge in [-0.05, 0) is 24.8 Å². The van der Waals surface area contributed by atoms with Crippen molar-refractivity contribution in [3.63, 3.8) is 0 Å². The Morgan fingerprint density at radius 3 is 2.58 bits per heavy atom. The summed E-state index contributed by atoms with van der Waals surface area (Å²) in [6, 6.07) is 10.2. The molecule has 0 radical (unpaired) electrons. The molecular weight excluding hydrogens is 256 g/mol. The van der Waals surface area contributed by atoms with Gasteiger partial charge in [-0.15, -0.1) is 0 Å². The van der Waals surface area contributed by atoms with Crippen molar-refractivity contribution in [1.29, 1.82) is 0 Å². The smallest absolute Gasteiger partial charge is 0.320 e. The molecule has 3 heteroatoms. The third-order valence-corrected chi connectivity index (χ3v) is 4.25. The summed E-state index contributed by atoms with van der Waals surface area (Å²) in [5, 5.41) is -0.0730. The fourth-order valence-corrected chi connectivity index (χ4v) is 3.02. The van der Waals surface area contributed by atoms with E-state index in [-0.39, 0.29) is 16.7 Å². The summed E-state index contributed by atoms with van der Waals surface area (Å²) < 4.78 is 5.48. The maximum atomic E-state index is 11.6. The van der Waals surface area contributed by atoms with E-state index in [1.165, 1.54) is 0 Å². The van der Waals surface area contributed by atoms with Crippen LogP contribution in [0, 0.1) is 5.92 Å². The van der Waals surface area contributed by atoms with Crippen LogP contribution in [-0.4, -0.2) is 16.7 Å². The van der Waals surface area contributed by atoms with Crippen LogP contribution in [-0.2, 0) is 9.53 Å². The van der Waals surface area contributed by atoms with E-state index in [2.05, 4.69) is 32.1 Å². The molecule has 2 nitrogen and oxygen atoms in total. The summed E-state index contributed by atoms with van der Waals surface area (Å²) in [6.45, 7) is 6.28. The molecule has 0 saturated carbocycles. The standard InChI is InChI=1S/C16H20O2S/c1-11(2)9-10-14(13-7-5-4-6-8-13)16-18-15(17)12(3)19-16/h4-8,10-12,16H,9H2,1-3H3. The largest absolute Gasteiger partial charge is 0.445 e. The number of esters is 1. The lowest BCUT2D eigenvalue weighted by Gasteiger charge is -2.14. The van der Waals surface area contributed by atoms with Crippen molar-refractivity contribution in [2.24, 2.45) is 5.92 Å². The third kappa shape index (κ3) is 3.63. The Morgan fingerprint density at radius 1 is 1.37 bits per heavy atom. The molecule has 1 aliphatic heterocycles. The van der Waals surface area contributed by atoms with Crippen LogP contribution in [0.5, 0.6) is 0 Å². The van der Waals surface area contributed by atoms with Crippen LogP contribution >= 0.6 is 11.8 Å². The highest BCUT2D eigenvalue weighted by Gasteiger charge is 2.34. The fourth-order valence-electron chi connectivity index (χ4n) is 1.95. The molecule has 1 fully saturated rings. The van der Waals surface area contributed by atoms with Crippen LogP contribution in [0.15, 0.2) is 36.4 Å². The summed E-state index contributed by atoms with van der Waals surface area (Å²) >= 11 is 1.59. The zero-order chi connectivity index (χ0) is 13.8. The molecule has 0 spiro atoms. The molecule has 102 valence electrons. The third-order valence-electron chi connectivity index (χ3n) is 3.05. The quantitative estimate of drug-likeness (QED) is 0.774. The van der Waals surface area contributed by atoms with Crippen molar-refractivity contribution in [2.75, 3.05) is 0 Å². The minimum atomic E-state index is -0.163. The Balaban J connectivity index is 2.25. The lowest BCUT2D eigenvalue weighted by Crippen LogP contribution is -2.09. The van der Waals surface area contributed by atoms with Gasteiger partial charge in [0, 0.05) is 5.57 Å². The second kappa shape index (κ2) is 6.29. The molecule has 1 aromatic carbocycles. The first-order valence-corrected chi connectivity index (χ1v) is 7.63. The van der Waals surface area contributed by atoms with E-state index >= 15 is 0 Å². The number of allylic oxidation sites excluding steroid dienone is 1. The van der Waals surface area contributed by atoms with E-state index < -0.39 is 0 Å². The van der Waals surface area contributed by atoms with Crippen molar-refractivity contribution in [3.05, 3.63) is 42.0 Å². The van der Waals surface area contributed by atoms with Crippen LogP contribution in [0.25, 0.3) is 5.57 Å². The molecule has 2 unspecified atom stereocenters. The maximum Gasteiger partial charge on any atom is 0.320 e. The van der Waals surface area contributed by atoms with Gasteiger partial charge in [-0.25, -0.2) is 0 Å². The molecule has 2 atom stereocenters. The Kier molecular flexibility index (Phi) is 4.70. The van der Waals surface area contributed by atoms with Crippen molar-refractivity contribution < 1.29 is 9.53 Å². The van der Waals surface area contributed by atoms with Crippen LogP contribution in [0.1, 0.15) is 32.8 Å². The Labute approximate surface area is 119 Å². The normalized spacial score (nSPS) is 23.8. The molecule has 1 aromatic rings. The summed E-state index contributed by atoms with van der Waals surface area (Å²) in [5.74, 6) is 0.486. The monoisotopic (exact) mass is 276 g/mol. The molecular formula is C16H20O2S. The number of cyclic esters (lactones) is 1. The highest BCUT2D eigenvalue weighted by atomic mass is 32.2. The van der Waals surface area contributed by atoms with Crippen LogP contribution in [0.3, 0.4) is 0 Å². The predicted molar refractivity (Wildman–Crippen MR) is 80.8 cm³/mol. The molecule has 1 saturated heterocycles. The zero-order valence-corrected chi connectivity index (χ0v) is 12.4. The molecule has 1 heterocycles. The summed E-state index contributed by atoms with van der Waals surface area (Å²) in [5.41, 5.74) is 2.10. The van der Waals surface area contributed by atoms with Gasteiger partial charge in [0.15, 0.2) is 5.44 Å². The van der Waals surface area contributed by atoms with E-state index in [0.717, 1.165) is 17.6 Å². The van der Waals surface area contributed by atoms with Gasteiger partial charge < -0.3 is 4.74 Å². The van der Waals surface area contributed by atoms with Gasteiger partial charge in [-0.3, -0.25) is 4.79 Å². The second-order valence-electron chi connectivity index (χ2n) is 5.20. The van der Waals surface area contributed by atoms with Crippen molar-refractivity contribution in [1.82, 2.24) is 0 Å². The van der Waals surface area contributed by atoms with E-state index in [1.807, 2.05) is 25.1 Å². The maximum absolute atomic E-state index is 11.6. The number of carbonyl (C=O) groups excluding carboxylic acids is 1. The number of hydrogen-bond acceptors (Lipinski definition) is 3. The van der Waals surface area contributed by atoms with Gasteiger partial charge >= 0.3 is 5.97 Å². The summed E-state index contributed by atoms with van der Waals surface area (Å²) in [6.07, 6.45) is 3.20. The number of thioether (sulfide) groups is 1. The second-order valence-corrected chi connectivity index (χ2v) is 6.61. The molecule has 0 amide bonds. The number of hydrogen-bond donors (Lipinski definition) is 0. The van der Waals surface area contributed by atoms with Crippen molar-refractivity contribution >= 4 is 23.3 Å². The lowest BCUT2D eigenvalue weighted by atomic mass is 10.0. The van der Waals surface area contributed by atoms with Gasteiger partial charge in [-0.2, -0.15) is 0 Å². The number of carbonyl (C=O) groups is 1. The van der Waals surface area contributed by atoms with Gasteiger partial charge in [0.05, 0.1) is 0 Å². The molecule has 1 aliphatic rings. The minimum Gasteiger partial charge on any atom is -0.445 e. The van der Waals surface area contributed by atoms with Crippen LogP contribution < -0.4 is 0 Å². The first-order chi connectivity index (χ1) is 9.08. The molecule has 19 heavy (non-hydrogen) atoms. The summed E-state index contributed by atoms with van der Waals surface area (Å²) in [4.78, 5) is 11.6. The van der Waals surface area contributed by atoms with E-state index in [4.69, 9.17) is 4.74 Å². The zero-order valence-electron chi connectivity index (χ0n) is 11.6. The van der Waals surface area contributed by atoms with Gasteiger partial charge in [0.1, 0.15) is 5.25 Å². The predicted octanol–water partition coefficient (Wildman–Crippen LogP) is 4.12. The molecule has 0 bridgehead atoms. The van der Waals surface area contributed by atoms with E-state index in [9.17, 15) is 4.79 Å². The van der Waals surface area contributed by atoms with Crippen LogP contribution in [0.2, 0.25) is 0 Å². The molecule has 2 rings (SSSR count). The van der Waals surface area contributed by atoms with Crippen molar-refractivity contribution in [2.45, 2.75) is 37.9 Å². The molecule has 0 N–H and O–H groups in total. The highest BCUT2D eigenvalue weighted by molar-refractivity contribution is 8.01. The van der Waals surface area contributed by atoms with Gasteiger partial charge in [-0.1, -0.05) is 62.0 Å². The average molecular weight is 276 g/mol. The SMILES string of the molecule is CC(C)CC=C(c1ccccc1)C1OC(=O)C(C)S1. The Bertz CT molecular complexity index is 465. The summed E-state index contributed by atoms with van der Waals surface area (Å²) in [7, 11) is 0. The van der Waals surface area contributed by atoms with Gasteiger partial charge in [0.25, 0.3) is 0 Å². The molecule has 0 aliphatic carbocycles. The highest BCUT2D eigenvalue weighted by Crippen LogP contribution is 2.37. The number of ether oxygens (including phenoxy) is 1. The fraction of sp³-hybridized carbons (Fsp3) is 0.438. The first-order valence-electron chi connectivity index (χ1n) is 6.69. The number of benzene rings is 1. The Hall–Kier alpha value is -1.22. The van der Waals surface area contributed by atoms with E-state index in [1.54, 1.807) is 11.8 Å². The topological polar surface area (TPSA) is 26.3 Å². The van der Waals surface area contributed by atoms with Crippen molar-refractivity contribution in [3.8, 4) is 0 Å². The van der Waals surface area contributed by atoms with Crippen LogP contribution in [0.4, 0.5) is 0 Å². The average Bonchev–Trinajstić information content (AvgIpc) is 2.70. The first kappa shape index (κ1) is 14.2. The van der Waals surface area contributed by atoms with E-state index in [0.29, 0.717) is 5.92 Å². The van der Waals surface area contributed by atoms with Gasteiger partial charge in [0.2, 0.25) is 0 Å². The number of rotatable bonds is 4. The Morgan fingerprint density at radius 2 is 2.05 bits per heavy atom. The minimum absolute atomic E-state index is 0.0730. The lowest BCUT2D eigenvalue weighted by molar-refractivity contribution is -0.140.